The fourth-order valence-corrected chi connectivity index (χ4v) is 4.64. The lowest BCUT2D eigenvalue weighted by Crippen LogP contribution is -2.27. The van der Waals surface area contributed by atoms with E-state index in [-0.39, 0.29) is 20.7 Å². The average Bonchev–Trinajstić information content (AvgIpc) is 3.11. The lowest BCUT2D eigenvalue weighted by Gasteiger charge is -2.16. The largest absolute Gasteiger partial charge is 0.450 e. The van der Waals surface area contributed by atoms with E-state index in [9.17, 15) is 41.3 Å². The van der Waals surface area contributed by atoms with Gasteiger partial charge in [0.05, 0.1) is 26.6 Å². The quantitative estimate of drug-likeness (QED) is 0.102. The molecule has 38 heavy (non-hydrogen) atoms. The van der Waals surface area contributed by atoms with Crippen molar-refractivity contribution in [3.8, 4) is 11.5 Å². The Morgan fingerprint density at radius 1 is 0.921 bits per heavy atom. The number of amides is 1. The SMILES string of the molecule is O=C1/C(=C\c2ccc(Oc3ccc(C(F)(F)F)cc3[N+](=O)[O-])cc2)SC(=S)N1c1cccc(C(F)(F)F)c1. The molecule has 196 valence electrons. The van der Waals surface area contributed by atoms with Crippen LogP contribution in [0.2, 0.25) is 0 Å². The molecule has 0 saturated carbocycles. The molecule has 1 heterocycles. The van der Waals surface area contributed by atoms with Crippen molar-refractivity contribution < 1.29 is 40.8 Å². The number of alkyl halides is 6. The van der Waals surface area contributed by atoms with E-state index in [1.807, 2.05) is 0 Å². The van der Waals surface area contributed by atoms with Gasteiger partial charge in [0.25, 0.3) is 5.91 Å². The van der Waals surface area contributed by atoms with Crippen molar-refractivity contribution in [3.63, 3.8) is 0 Å². The molecule has 3 aromatic rings. The fraction of sp³-hybridized carbons (Fsp3) is 0.0833. The Morgan fingerprint density at radius 3 is 2.16 bits per heavy atom. The molecular formula is C24H12F6N2O4S2. The molecule has 0 bridgehead atoms. The summed E-state index contributed by atoms with van der Waals surface area (Å²) in [6.07, 6.45) is -7.93. The molecule has 1 saturated heterocycles. The van der Waals surface area contributed by atoms with Crippen molar-refractivity contribution in [1.29, 1.82) is 0 Å². The number of nitrogens with zero attached hydrogens (tertiary/aromatic N) is 2. The molecule has 1 aliphatic rings. The molecule has 0 N–H and O–H groups in total. The smallest absolute Gasteiger partial charge is 0.416 e. The van der Waals surface area contributed by atoms with E-state index in [2.05, 4.69) is 0 Å². The van der Waals surface area contributed by atoms with Gasteiger partial charge in [-0.25, -0.2) is 0 Å². The van der Waals surface area contributed by atoms with E-state index < -0.39 is 45.7 Å². The van der Waals surface area contributed by atoms with Gasteiger partial charge in [-0.2, -0.15) is 26.3 Å². The van der Waals surface area contributed by atoms with Crippen molar-refractivity contribution >= 4 is 51.7 Å². The number of carbonyl (C=O) groups excluding carboxylic acids is 1. The standard InChI is InChI=1S/C24H12F6N2O4S2/c25-23(26,27)14-2-1-3-16(11-14)31-21(33)20(38-22(31)37)10-13-4-7-17(8-5-13)36-19-9-6-15(24(28,29)30)12-18(19)32(34)35/h1-12H/b20-10+. The number of nitro groups is 1. The third kappa shape index (κ3) is 5.81. The van der Waals surface area contributed by atoms with Crippen LogP contribution in [-0.2, 0) is 17.1 Å². The Hall–Kier alpha value is -3.91. The van der Waals surface area contributed by atoms with Crippen molar-refractivity contribution in [3.05, 3.63) is 98.4 Å². The summed E-state index contributed by atoms with van der Waals surface area (Å²) >= 11 is 6.08. The number of carbonyl (C=O) groups is 1. The summed E-state index contributed by atoms with van der Waals surface area (Å²) in [7, 11) is 0. The summed E-state index contributed by atoms with van der Waals surface area (Å²) in [6, 6.07) is 11.8. The number of rotatable bonds is 5. The number of halogens is 6. The van der Waals surface area contributed by atoms with Crippen molar-refractivity contribution in [1.82, 2.24) is 0 Å². The second-order valence-electron chi connectivity index (χ2n) is 7.67. The third-order valence-corrected chi connectivity index (χ3v) is 6.42. The van der Waals surface area contributed by atoms with Crippen LogP contribution in [0.5, 0.6) is 11.5 Å². The van der Waals surface area contributed by atoms with Crippen molar-refractivity contribution in [2.75, 3.05) is 4.90 Å². The first-order valence-corrected chi connectivity index (χ1v) is 11.6. The predicted octanol–water partition coefficient (Wildman–Crippen LogP) is 7.83. The molecule has 0 radical (unpaired) electrons. The topological polar surface area (TPSA) is 72.7 Å². The first-order chi connectivity index (χ1) is 17.7. The number of anilines is 1. The van der Waals surface area contributed by atoms with Crippen molar-refractivity contribution in [2.24, 2.45) is 0 Å². The number of thiocarbonyl (C=S) groups is 1. The maximum atomic E-state index is 13.1. The summed E-state index contributed by atoms with van der Waals surface area (Å²) in [4.78, 5) is 24.3. The molecule has 0 aliphatic carbocycles. The van der Waals surface area contributed by atoms with E-state index in [1.165, 1.54) is 42.5 Å². The second kappa shape index (κ2) is 10.1. The van der Waals surface area contributed by atoms with Crippen LogP contribution >= 0.6 is 24.0 Å². The average molecular weight is 570 g/mol. The van der Waals surface area contributed by atoms with Gasteiger partial charge in [0.15, 0.2) is 4.32 Å². The third-order valence-electron chi connectivity index (χ3n) is 5.11. The highest BCUT2D eigenvalue weighted by Crippen LogP contribution is 2.40. The van der Waals surface area contributed by atoms with Gasteiger partial charge >= 0.3 is 18.0 Å². The number of nitro benzene ring substituents is 1. The molecule has 0 atom stereocenters. The lowest BCUT2D eigenvalue weighted by atomic mass is 10.1. The Labute approximate surface area is 219 Å². The van der Waals surface area contributed by atoms with Gasteiger partial charge in [-0.15, -0.1) is 0 Å². The summed E-state index contributed by atoms with van der Waals surface area (Å²) in [6.45, 7) is 0. The van der Waals surface area contributed by atoms with Gasteiger partial charge < -0.3 is 4.74 Å². The first-order valence-electron chi connectivity index (χ1n) is 10.3. The van der Waals surface area contributed by atoms with Crippen LogP contribution in [-0.4, -0.2) is 15.2 Å². The van der Waals surface area contributed by atoms with Crippen LogP contribution in [0.25, 0.3) is 6.08 Å². The normalized spacial score (nSPS) is 15.3. The maximum Gasteiger partial charge on any atom is 0.416 e. The van der Waals surface area contributed by atoms with Crippen LogP contribution in [0.1, 0.15) is 16.7 Å². The molecule has 6 nitrogen and oxygen atoms in total. The molecule has 4 rings (SSSR count). The van der Waals surface area contributed by atoms with E-state index in [0.717, 1.165) is 34.9 Å². The number of thioether (sulfide) groups is 1. The van der Waals surface area contributed by atoms with Gasteiger partial charge in [0.2, 0.25) is 5.75 Å². The summed E-state index contributed by atoms with van der Waals surface area (Å²) in [5, 5.41) is 11.2. The zero-order chi connectivity index (χ0) is 27.8. The number of hydrogen-bond donors (Lipinski definition) is 0. The lowest BCUT2D eigenvalue weighted by molar-refractivity contribution is -0.385. The summed E-state index contributed by atoms with van der Waals surface area (Å²) in [5.41, 5.74) is -2.58. The Kier molecular flexibility index (Phi) is 7.21. The van der Waals surface area contributed by atoms with E-state index in [0.29, 0.717) is 17.7 Å². The van der Waals surface area contributed by atoms with Gasteiger partial charge in [0, 0.05) is 6.07 Å². The molecule has 1 aliphatic heterocycles. The highest BCUT2D eigenvalue weighted by Gasteiger charge is 2.36. The molecule has 1 fully saturated rings. The minimum atomic E-state index is -4.77. The predicted molar refractivity (Wildman–Crippen MR) is 132 cm³/mol. The number of benzene rings is 3. The molecular weight excluding hydrogens is 558 g/mol. The molecule has 0 aromatic heterocycles. The number of ether oxygens (including phenoxy) is 1. The highest BCUT2D eigenvalue weighted by atomic mass is 32.2. The summed E-state index contributed by atoms with van der Waals surface area (Å²) < 4.78 is 83.3. The van der Waals surface area contributed by atoms with Gasteiger partial charge in [-0.3, -0.25) is 19.8 Å². The Morgan fingerprint density at radius 2 is 1.55 bits per heavy atom. The highest BCUT2D eigenvalue weighted by molar-refractivity contribution is 8.27. The molecule has 14 heteroatoms. The minimum Gasteiger partial charge on any atom is -0.450 e. The van der Waals surface area contributed by atoms with Gasteiger partial charge in [-0.05, 0) is 54.1 Å². The molecule has 1 amide bonds. The van der Waals surface area contributed by atoms with E-state index in [1.54, 1.807) is 0 Å². The maximum absolute atomic E-state index is 13.1. The van der Waals surface area contributed by atoms with Crippen LogP contribution in [0, 0.1) is 10.1 Å². The molecule has 3 aromatic carbocycles. The second-order valence-corrected chi connectivity index (χ2v) is 9.35. The van der Waals surface area contributed by atoms with E-state index >= 15 is 0 Å². The fourth-order valence-electron chi connectivity index (χ4n) is 3.34. The van der Waals surface area contributed by atoms with Gasteiger partial charge in [-0.1, -0.05) is 42.2 Å². The first kappa shape index (κ1) is 27.1. The zero-order valence-electron chi connectivity index (χ0n) is 18.5. The monoisotopic (exact) mass is 570 g/mol. The minimum absolute atomic E-state index is 0.0346. The van der Waals surface area contributed by atoms with Crippen LogP contribution in [0.15, 0.2) is 71.6 Å². The molecule has 0 spiro atoms. The summed E-state index contributed by atoms with van der Waals surface area (Å²) in [5.74, 6) is -0.959. The number of hydrogen-bond acceptors (Lipinski definition) is 6. The van der Waals surface area contributed by atoms with Gasteiger partial charge in [0.1, 0.15) is 5.75 Å². The Bertz CT molecular complexity index is 1470. The Balaban J connectivity index is 1.54. The van der Waals surface area contributed by atoms with Crippen LogP contribution in [0.3, 0.4) is 0 Å². The van der Waals surface area contributed by atoms with Crippen molar-refractivity contribution in [2.45, 2.75) is 12.4 Å². The van der Waals surface area contributed by atoms with Crippen LogP contribution in [0.4, 0.5) is 37.7 Å². The molecule has 0 unspecified atom stereocenters. The van der Waals surface area contributed by atoms with E-state index in [4.69, 9.17) is 17.0 Å². The zero-order valence-corrected chi connectivity index (χ0v) is 20.2. The van der Waals surface area contributed by atoms with Crippen LogP contribution < -0.4 is 9.64 Å².